The minimum atomic E-state index is -1.04. The van der Waals surface area contributed by atoms with E-state index in [0.29, 0.717) is 45.0 Å². The molecule has 0 N–H and O–H groups in total. The van der Waals surface area contributed by atoms with Gasteiger partial charge in [-0.15, -0.1) is 0 Å². The number of hydrogen-bond acceptors (Lipinski definition) is 8. The van der Waals surface area contributed by atoms with Gasteiger partial charge >= 0.3 is 5.97 Å². The summed E-state index contributed by atoms with van der Waals surface area (Å²) in [5.74, 6) is -1.64. The van der Waals surface area contributed by atoms with Crippen LogP contribution in [0.2, 0.25) is 0 Å². The Bertz CT molecular complexity index is 862. The lowest BCUT2D eigenvalue weighted by Gasteiger charge is -2.35. The van der Waals surface area contributed by atoms with Crippen molar-refractivity contribution < 1.29 is 23.9 Å². The Balaban J connectivity index is 1.31. The Kier molecular flexibility index (Phi) is 6.38. The number of anilines is 1. The summed E-state index contributed by atoms with van der Waals surface area (Å²) in [5.41, 5.74) is 0. The molecule has 0 radical (unpaired) electrons. The highest BCUT2D eigenvalue weighted by atomic mass is 16.5. The van der Waals surface area contributed by atoms with Crippen LogP contribution in [-0.2, 0) is 23.9 Å². The molecule has 1 aromatic heterocycles. The molecule has 3 heterocycles. The molecule has 1 aliphatic carbocycles. The van der Waals surface area contributed by atoms with E-state index in [1.54, 1.807) is 23.4 Å². The molecule has 0 aromatic carbocycles. The molecule has 2 saturated heterocycles. The van der Waals surface area contributed by atoms with Gasteiger partial charge in [0.1, 0.15) is 6.04 Å². The zero-order valence-corrected chi connectivity index (χ0v) is 18.5. The SMILES string of the molecule is CC(OC(=O)[C@H](C)N1C(=O)C2CCCCC2C1=O)C(=O)N1CCN(c2ncccn2)CC1. The third-order valence-corrected chi connectivity index (χ3v) is 6.67. The third kappa shape index (κ3) is 4.18. The van der Waals surface area contributed by atoms with E-state index >= 15 is 0 Å². The van der Waals surface area contributed by atoms with Crippen LogP contribution < -0.4 is 4.90 Å². The van der Waals surface area contributed by atoms with E-state index in [2.05, 4.69) is 9.97 Å². The van der Waals surface area contributed by atoms with E-state index in [1.807, 2.05) is 4.90 Å². The topological polar surface area (TPSA) is 113 Å². The summed E-state index contributed by atoms with van der Waals surface area (Å²) in [6.07, 6.45) is 5.55. The van der Waals surface area contributed by atoms with E-state index < -0.39 is 18.1 Å². The third-order valence-electron chi connectivity index (χ3n) is 6.67. The first-order valence-electron chi connectivity index (χ1n) is 11.3. The van der Waals surface area contributed by atoms with Crippen LogP contribution in [0.25, 0.3) is 0 Å². The molecule has 4 atom stereocenters. The number of piperazine rings is 1. The van der Waals surface area contributed by atoms with Gasteiger partial charge in [-0.2, -0.15) is 0 Å². The molecule has 3 fully saturated rings. The standard InChI is InChI=1S/C22H29N5O5/c1-14(27-19(29)16-6-3-4-7-17(16)20(27)30)21(31)32-15(2)18(28)25-10-12-26(13-11-25)22-23-8-5-9-24-22/h5,8-9,14-17H,3-4,6-7,10-13H2,1-2H3/t14-,15?,16?,17?/m0/s1. The number of carbonyl (C=O) groups excluding carboxylic acids is 4. The van der Waals surface area contributed by atoms with Crippen molar-refractivity contribution in [3.63, 3.8) is 0 Å². The van der Waals surface area contributed by atoms with E-state index in [1.165, 1.54) is 13.8 Å². The smallest absolute Gasteiger partial charge is 0.329 e. The van der Waals surface area contributed by atoms with E-state index in [0.717, 1.165) is 17.7 Å². The van der Waals surface area contributed by atoms with Crippen LogP contribution in [0.1, 0.15) is 39.5 Å². The number of esters is 1. The first kappa shape index (κ1) is 22.2. The van der Waals surface area contributed by atoms with Gasteiger partial charge < -0.3 is 14.5 Å². The minimum absolute atomic E-state index is 0.289. The molecule has 3 unspecified atom stereocenters. The number of aromatic nitrogens is 2. The Morgan fingerprint density at radius 1 is 0.969 bits per heavy atom. The molecule has 0 spiro atoms. The number of imide groups is 1. The molecule has 2 aliphatic heterocycles. The van der Waals surface area contributed by atoms with Gasteiger partial charge in [0, 0.05) is 38.6 Å². The quantitative estimate of drug-likeness (QED) is 0.481. The lowest BCUT2D eigenvalue weighted by molar-refractivity contribution is -0.166. The molecule has 3 amide bonds. The van der Waals surface area contributed by atoms with Crippen LogP contribution in [0.4, 0.5) is 5.95 Å². The highest BCUT2D eigenvalue weighted by Gasteiger charge is 2.51. The summed E-state index contributed by atoms with van der Waals surface area (Å²) in [4.78, 5) is 64.1. The van der Waals surface area contributed by atoms with Crippen LogP contribution in [0.15, 0.2) is 18.5 Å². The number of ether oxygens (including phenoxy) is 1. The highest BCUT2D eigenvalue weighted by molar-refractivity contribution is 6.07. The molecule has 10 heteroatoms. The summed E-state index contributed by atoms with van der Waals surface area (Å²) in [6, 6.07) is 0.709. The summed E-state index contributed by atoms with van der Waals surface area (Å²) < 4.78 is 5.39. The number of likely N-dealkylation sites (tertiary alicyclic amines) is 1. The van der Waals surface area contributed by atoms with Gasteiger partial charge in [0.25, 0.3) is 5.91 Å². The summed E-state index contributed by atoms with van der Waals surface area (Å²) >= 11 is 0. The average molecular weight is 444 g/mol. The lowest BCUT2D eigenvalue weighted by Crippen LogP contribution is -2.53. The molecule has 1 aromatic rings. The largest absolute Gasteiger partial charge is 0.451 e. The molecular formula is C22H29N5O5. The molecular weight excluding hydrogens is 414 g/mol. The molecule has 172 valence electrons. The Hall–Kier alpha value is -3.04. The number of rotatable bonds is 5. The second-order valence-electron chi connectivity index (χ2n) is 8.66. The monoisotopic (exact) mass is 443 g/mol. The number of carbonyl (C=O) groups is 4. The van der Waals surface area contributed by atoms with E-state index in [4.69, 9.17) is 4.74 Å². The van der Waals surface area contributed by atoms with E-state index in [9.17, 15) is 19.2 Å². The second kappa shape index (κ2) is 9.22. The van der Waals surface area contributed by atoms with Gasteiger partial charge in [-0.05, 0) is 32.8 Å². The maximum absolute atomic E-state index is 12.8. The Labute approximate surface area is 186 Å². The molecule has 10 nitrogen and oxygen atoms in total. The fraction of sp³-hybridized carbons (Fsp3) is 0.636. The van der Waals surface area contributed by atoms with Crippen molar-refractivity contribution in [1.82, 2.24) is 19.8 Å². The molecule has 4 rings (SSSR count). The van der Waals surface area contributed by atoms with Crippen molar-refractivity contribution >= 4 is 29.6 Å². The second-order valence-corrected chi connectivity index (χ2v) is 8.66. The molecule has 1 saturated carbocycles. The first-order chi connectivity index (χ1) is 15.4. The molecule has 0 bridgehead atoms. The van der Waals surface area contributed by atoms with Crippen molar-refractivity contribution in [3.05, 3.63) is 18.5 Å². The highest BCUT2D eigenvalue weighted by Crippen LogP contribution is 2.39. The van der Waals surface area contributed by atoms with E-state index in [-0.39, 0.29) is 29.6 Å². The number of fused-ring (bicyclic) bond motifs is 1. The lowest BCUT2D eigenvalue weighted by atomic mass is 9.81. The average Bonchev–Trinajstić information content (AvgIpc) is 3.08. The van der Waals surface area contributed by atoms with Crippen molar-refractivity contribution in [1.29, 1.82) is 0 Å². The molecule has 3 aliphatic rings. The molecule has 32 heavy (non-hydrogen) atoms. The Morgan fingerprint density at radius 3 is 2.09 bits per heavy atom. The summed E-state index contributed by atoms with van der Waals surface area (Å²) in [6.45, 7) is 5.08. The maximum Gasteiger partial charge on any atom is 0.329 e. The van der Waals surface area contributed by atoms with Crippen molar-refractivity contribution in [2.75, 3.05) is 31.1 Å². The van der Waals surface area contributed by atoms with Crippen LogP contribution in [0, 0.1) is 11.8 Å². The van der Waals surface area contributed by atoms with Gasteiger partial charge in [-0.1, -0.05) is 12.8 Å². The van der Waals surface area contributed by atoms with Gasteiger partial charge in [0.05, 0.1) is 11.8 Å². The first-order valence-corrected chi connectivity index (χ1v) is 11.3. The van der Waals surface area contributed by atoms with Crippen molar-refractivity contribution in [3.8, 4) is 0 Å². The normalized spacial score (nSPS) is 25.4. The predicted octanol–water partition coefficient (Wildman–Crippen LogP) is 0.621. The van der Waals surface area contributed by atoms with Crippen LogP contribution >= 0.6 is 0 Å². The Morgan fingerprint density at radius 2 is 1.53 bits per heavy atom. The van der Waals surface area contributed by atoms with Gasteiger partial charge in [0.15, 0.2) is 6.10 Å². The minimum Gasteiger partial charge on any atom is -0.451 e. The van der Waals surface area contributed by atoms with Gasteiger partial charge in [-0.25, -0.2) is 14.8 Å². The van der Waals surface area contributed by atoms with Crippen LogP contribution in [-0.4, -0.2) is 81.8 Å². The van der Waals surface area contributed by atoms with Crippen molar-refractivity contribution in [2.45, 2.75) is 51.7 Å². The zero-order chi connectivity index (χ0) is 22.8. The zero-order valence-electron chi connectivity index (χ0n) is 18.5. The van der Waals surface area contributed by atoms with Gasteiger partial charge in [0.2, 0.25) is 17.8 Å². The number of hydrogen-bond donors (Lipinski definition) is 0. The summed E-state index contributed by atoms with van der Waals surface area (Å²) in [5, 5.41) is 0. The maximum atomic E-state index is 12.8. The van der Waals surface area contributed by atoms with Crippen molar-refractivity contribution in [2.24, 2.45) is 11.8 Å². The van der Waals surface area contributed by atoms with Gasteiger partial charge in [-0.3, -0.25) is 19.3 Å². The van der Waals surface area contributed by atoms with Crippen LogP contribution in [0.3, 0.4) is 0 Å². The number of amides is 3. The predicted molar refractivity (Wildman–Crippen MR) is 113 cm³/mol. The van der Waals surface area contributed by atoms with Crippen LogP contribution in [0.5, 0.6) is 0 Å². The fourth-order valence-corrected chi connectivity index (χ4v) is 4.84. The number of nitrogens with zero attached hydrogens (tertiary/aromatic N) is 5. The summed E-state index contributed by atoms with van der Waals surface area (Å²) in [7, 11) is 0. The fourth-order valence-electron chi connectivity index (χ4n) is 4.84.